The molecule has 4 heterocycles. The van der Waals surface area contributed by atoms with Crippen LogP contribution >= 0.6 is 0 Å². The van der Waals surface area contributed by atoms with Gasteiger partial charge in [-0.25, -0.2) is 4.98 Å². The lowest BCUT2D eigenvalue weighted by Crippen LogP contribution is -2.42. The Morgan fingerprint density at radius 3 is 2.36 bits per heavy atom. The summed E-state index contributed by atoms with van der Waals surface area (Å²) in [7, 11) is 0. The molecule has 1 aliphatic carbocycles. The second-order valence-electron chi connectivity index (χ2n) is 12.9. The van der Waals surface area contributed by atoms with Crippen LogP contribution in [0, 0.1) is 0 Å². The number of aromatic nitrogens is 5. The number of hydrogen-bond acceptors (Lipinski definition) is 10. The molecule has 13 heteroatoms. The predicted octanol–water partition coefficient (Wildman–Crippen LogP) is 3.04. The average molecular weight is 676 g/mol. The molecule has 2 aromatic carbocycles. The highest BCUT2D eigenvalue weighted by Crippen LogP contribution is 2.35. The van der Waals surface area contributed by atoms with Gasteiger partial charge in [-0.1, -0.05) is 67.6 Å². The van der Waals surface area contributed by atoms with Crippen LogP contribution in [0.25, 0.3) is 11.2 Å². The summed E-state index contributed by atoms with van der Waals surface area (Å²) in [4.78, 5) is 45.8. The van der Waals surface area contributed by atoms with E-state index >= 15 is 0 Å². The van der Waals surface area contributed by atoms with Gasteiger partial charge in [-0.15, -0.1) is 0 Å². The van der Waals surface area contributed by atoms with Gasteiger partial charge in [-0.05, 0) is 36.1 Å². The Labute approximate surface area is 289 Å². The Balaban J connectivity index is 1.21. The van der Waals surface area contributed by atoms with E-state index in [1.54, 1.807) is 42.3 Å². The first-order valence-electron chi connectivity index (χ1n) is 17.1. The highest BCUT2D eigenvalue weighted by Gasteiger charge is 2.44. The topological polar surface area (TPSA) is 170 Å². The number of carbonyl (C=O) groups is 2. The lowest BCUT2D eigenvalue weighted by Gasteiger charge is -2.22. The number of nitrogens with one attached hydrogen (secondary N) is 3. The zero-order valence-corrected chi connectivity index (χ0v) is 27.8. The van der Waals surface area contributed by atoms with Crippen LogP contribution in [0.3, 0.4) is 0 Å². The number of hydrogen-bond donors (Lipinski definition) is 5. The lowest BCUT2D eigenvalue weighted by molar-refractivity contribution is -0.122. The van der Waals surface area contributed by atoms with E-state index in [-0.39, 0.29) is 30.2 Å². The van der Waals surface area contributed by atoms with Crippen molar-refractivity contribution in [1.82, 2.24) is 35.1 Å². The van der Waals surface area contributed by atoms with Crippen LogP contribution in [-0.2, 0) is 4.79 Å². The van der Waals surface area contributed by atoms with Crippen molar-refractivity contribution < 1.29 is 19.8 Å². The molecule has 1 aliphatic heterocycles. The zero-order chi connectivity index (χ0) is 34.6. The van der Waals surface area contributed by atoms with Gasteiger partial charge in [0.25, 0.3) is 5.91 Å². The molecule has 258 valence electrons. The molecule has 5 aromatic rings. The fraction of sp³-hybridized carbons (Fsp3) is 0.351. The average Bonchev–Trinajstić information content (AvgIpc) is 3.87. The zero-order valence-electron chi connectivity index (χ0n) is 27.8. The van der Waals surface area contributed by atoms with Gasteiger partial charge in [-0.2, -0.15) is 9.97 Å². The van der Waals surface area contributed by atoms with E-state index < -0.39 is 24.3 Å². The number of pyridine rings is 1. The van der Waals surface area contributed by atoms with Gasteiger partial charge in [0.05, 0.1) is 24.0 Å². The van der Waals surface area contributed by atoms with Gasteiger partial charge in [-0.3, -0.25) is 14.6 Å². The Bertz CT molecular complexity index is 1890. The summed E-state index contributed by atoms with van der Waals surface area (Å²) < 4.78 is 1.78. The molecule has 3 aromatic heterocycles. The summed E-state index contributed by atoms with van der Waals surface area (Å²) in [6.07, 6.45) is 3.77. The Morgan fingerprint density at radius 2 is 1.68 bits per heavy atom. The summed E-state index contributed by atoms with van der Waals surface area (Å²) in [5.41, 5.74) is 3.82. The van der Waals surface area contributed by atoms with Crippen LogP contribution in [0.2, 0.25) is 0 Å². The Hall–Kier alpha value is -5.40. The smallest absolute Gasteiger partial charge is 0.253 e. The van der Waals surface area contributed by atoms with Crippen molar-refractivity contribution in [3.63, 3.8) is 0 Å². The molecule has 0 radical (unpaired) electrons. The third kappa shape index (κ3) is 6.87. The molecule has 0 spiro atoms. The van der Waals surface area contributed by atoms with E-state index in [1.807, 2.05) is 41.3 Å². The van der Waals surface area contributed by atoms with Crippen molar-refractivity contribution in [1.29, 1.82) is 0 Å². The third-order valence-corrected chi connectivity index (χ3v) is 9.69. The summed E-state index contributed by atoms with van der Waals surface area (Å²) in [5, 5.41) is 31.6. The number of imidazole rings is 1. The highest BCUT2D eigenvalue weighted by molar-refractivity contribution is 5.94. The number of nitrogens with zero attached hydrogens (tertiary/aromatic N) is 6. The van der Waals surface area contributed by atoms with Gasteiger partial charge in [0.2, 0.25) is 11.9 Å². The quantitative estimate of drug-likeness (QED) is 0.140. The van der Waals surface area contributed by atoms with Crippen molar-refractivity contribution in [2.24, 2.45) is 0 Å². The number of amides is 2. The highest BCUT2D eigenvalue weighted by atomic mass is 16.3. The minimum Gasteiger partial charge on any atom is -0.388 e. The first-order chi connectivity index (χ1) is 24.4. The number of aliphatic hydroxyl groups is 2. The first kappa shape index (κ1) is 33.1. The molecule has 5 N–H and O–H groups in total. The largest absolute Gasteiger partial charge is 0.388 e. The maximum Gasteiger partial charge on any atom is 0.253 e. The SMILES string of the molecule is CCC(=O)N[C@H]1C[C@@H](n2cnc3c(NCC(c4ccccc4)c4ccccc4)nc(N4CC[C@@H](NC(=O)c5cccnc5)C4)nc32)[C@H](O)[C@@H]1O. The molecule has 0 bridgehead atoms. The molecule has 2 amide bonds. The second kappa shape index (κ2) is 14.6. The number of anilines is 2. The van der Waals surface area contributed by atoms with Crippen molar-refractivity contribution in [3.8, 4) is 0 Å². The van der Waals surface area contributed by atoms with E-state index in [4.69, 9.17) is 15.0 Å². The van der Waals surface area contributed by atoms with Crippen LogP contribution in [-0.4, -0.2) is 90.5 Å². The molecule has 1 saturated carbocycles. The molecule has 50 heavy (non-hydrogen) atoms. The fourth-order valence-corrected chi connectivity index (χ4v) is 6.97. The van der Waals surface area contributed by atoms with Crippen molar-refractivity contribution in [3.05, 3.63) is 108 Å². The summed E-state index contributed by atoms with van der Waals surface area (Å²) in [6.45, 7) is 3.38. The predicted molar refractivity (Wildman–Crippen MR) is 189 cm³/mol. The van der Waals surface area contributed by atoms with Gasteiger partial charge < -0.3 is 35.6 Å². The molecule has 2 aliphatic rings. The van der Waals surface area contributed by atoms with Gasteiger partial charge >= 0.3 is 0 Å². The van der Waals surface area contributed by atoms with Crippen LogP contribution in [0.15, 0.2) is 91.5 Å². The number of aliphatic hydroxyl groups excluding tert-OH is 2. The van der Waals surface area contributed by atoms with Crippen molar-refractivity contribution in [2.75, 3.05) is 29.9 Å². The van der Waals surface area contributed by atoms with Crippen LogP contribution in [0.5, 0.6) is 0 Å². The summed E-state index contributed by atoms with van der Waals surface area (Å²) in [5.74, 6) is 0.626. The monoisotopic (exact) mass is 675 g/mol. The maximum absolute atomic E-state index is 12.9. The van der Waals surface area contributed by atoms with E-state index in [0.29, 0.717) is 61.0 Å². The lowest BCUT2D eigenvalue weighted by atomic mass is 9.91. The normalized spacial score (nSPS) is 21.8. The standard InChI is InChI=1S/C37H41N9O4/c1-2-30(47)42-28-18-29(33(49)32(28)48)46-22-40-31-34(39-20-27(23-10-5-3-6-11-23)24-12-7-4-8-13-24)43-37(44-35(31)46)45-17-15-26(21-45)41-36(50)25-14-9-16-38-19-25/h3-14,16,19,22,26-29,32-33,48-49H,2,15,17-18,20-21H2,1H3,(H,41,50)(H,42,47)(H,39,43,44)/t26-,28+,29-,32-,33+/m1/s1. The summed E-state index contributed by atoms with van der Waals surface area (Å²) in [6, 6.07) is 22.7. The third-order valence-electron chi connectivity index (χ3n) is 9.69. The molecule has 0 unspecified atom stereocenters. The van der Waals surface area contributed by atoms with Crippen LogP contribution in [0.1, 0.15) is 59.6 Å². The molecule has 1 saturated heterocycles. The Kier molecular flexibility index (Phi) is 9.67. The van der Waals surface area contributed by atoms with E-state index in [2.05, 4.69) is 45.2 Å². The van der Waals surface area contributed by atoms with E-state index in [0.717, 1.165) is 11.1 Å². The number of fused-ring (bicyclic) bond motifs is 1. The molecule has 5 atom stereocenters. The molecule has 2 fully saturated rings. The van der Waals surface area contributed by atoms with Crippen LogP contribution in [0.4, 0.5) is 11.8 Å². The van der Waals surface area contributed by atoms with E-state index in [1.165, 1.54) is 0 Å². The Morgan fingerprint density at radius 1 is 0.940 bits per heavy atom. The second-order valence-corrected chi connectivity index (χ2v) is 12.9. The van der Waals surface area contributed by atoms with Gasteiger partial charge in [0.1, 0.15) is 12.2 Å². The molecular formula is C37H41N9O4. The molecular weight excluding hydrogens is 634 g/mol. The first-order valence-corrected chi connectivity index (χ1v) is 17.1. The summed E-state index contributed by atoms with van der Waals surface area (Å²) >= 11 is 0. The maximum atomic E-state index is 12.9. The minimum absolute atomic E-state index is 0.0153. The number of carbonyl (C=O) groups excluding carboxylic acids is 2. The fourth-order valence-electron chi connectivity index (χ4n) is 6.97. The van der Waals surface area contributed by atoms with Gasteiger partial charge in [0, 0.05) is 50.4 Å². The van der Waals surface area contributed by atoms with Gasteiger partial charge in [0.15, 0.2) is 17.0 Å². The number of rotatable bonds is 11. The molecule has 13 nitrogen and oxygen atoms in total. The number of benzene rings is 2. The van der Waals surface area contributed by atoms with Crippen molar-refractivity contribution in [2.45, 2.75) is 62.4 Å². The van der Waals surface area contributed by atoms with Crippen LogP contribution < -0.4 is 20.9 Å². The van der Waals surface area contributed by atoms with E-state index in [9.17, 15) is 19.8 Å². The minimum atomic E-state index is -1.15. The molecule has 7 rings (SSSR count). The van der Waals surface area contributed by atoms with Crippen molar-refractivity contribution >= 4 is 34.7 Å².